The Morgan fingerprint density at radius 3 is 2.87 bits per heavy atom. The van der Waals surface area contributed by atoms with Crippen molar-refractivity contribution < 1.29 is 9.57 Å². The number of rotatable bonds is 2. The minimum atomic E-state index is 0.0324. The van der Waals surface area contributed by atoms with Crippen molar-refractivity contribution in [2.45, 2.75) is 12.5 Å². The van der Waals surface area contributed by atoms with E-state index in [0.29, 0.717) is 22.4 Å². The van der Waals surface area contributed by atoms with Gasteiger partial charge in [-0.1, -0.05) is 23.2 Å². The number of ether oxygens (including phenoxy) is 1. The van der Waals surface area contributed by atoms with Gasteiger partial charge in [0, 0.05) is 17.0 Å². The summed E-state index contributed by atoms with van der Waals surface area (Å²) in [6.45, 7) is 0.605. The van der Waals surface area contributed by atoms with Gasteiger partial charge in [0.2, 0.25) is 0 Å². The highest BCUT2D eigenvalue weighted by Gasteiger charge is 2.26. The zero-order valence-electron chi connectivity index (χ0n) is 8.22. The van der Waals surface area contributed by atoms with Crippen LogP contribution in [0.4, 0.5) is 0 Å². The molecule has 1 aromatic carbocycles. The van der Waals surface area contributed by atoms with Crippen molar-refractivity contribution in [1.29, 1.82) is 0 Å². The molecule has 1 aliphatic rings. The fourth-order valence-electron chi connectivity index (χ4n) is 1.70. The van der Waals surface area contributed by atoms with E-state index in [1.807, 2.05) is 0 Å². The Labute approximate surface area is 98.2 Å². The molecule has 0 radical (unpaired) electrons. The molecule has 2 rings (SSSR count). The summed E-state index contributed by atoms with van der Waals surface area (Å²) in [5.41, 5.74) is 3.76. The highest BCUT2D eigenvalue weighted by Crippen LogP contribution is 2.41. The van der Waals surface area contributed by atoms with E-state index >= 15 is 0 Å². The zero-order chi connectivity index (χ0) is 10.8. The normalized spacial score (nSPS) is 19.5. The number of hydroxylamine groups is 1. The summed E-state index contributed by atoms with van der Waals surface area (Å²) in [4.78, 5) is 4.93. The molecule has 0 amide bonds. The fourth-order valence-corrected chi connectivity index (χ4v) is 2.20. The summed E-state index contributed by atoms with van der Waals surface area (Å²) in [5, 5.41) is 1.22. The zero-order valence-corrected chi connectivity index (χ0v) is 9.73. The van der Waals surface area contributed by atoms with Crippen molar-refractivity contribution in [3.05, 3.63) is 27.7 Å². The number of hydrogen-bond donors (Lipinski definition) is 1. The maximum Gasteiger partial charge on any atom is 0.144 e. The van der Waals surface area contributed by atoms with Crippen LogP contribution in [0.2, 0.25) is 10.0 Å². The fraction of sp³-hybridized carbons (Fsp3) is 0.400. The SMILES string of the molecule is CONC1CCOc2c(Cl)ccc(Cl)c21. The average Bonchev–Trinajstić information content (AvgIpc) is 2.24. The summed E-state index contributed by atoms with van der Waals surface area (Å²) in [7, 11) is 1.58. The summed E-state index contributed by atoms with van der Waals surface area (Å²) in [5.74, 6) is 0.657. The minimum Gasteiger partial charge on any atom is -0.492 e. The van der Waals surface area contributed by atoms with Crippen LogP contribution in [-0.2, 0) is 4.84 Å². The molecule has 0 spiro atoms. The van der Waals surface area contributed by atoms with Gasteiger partial charge in [0.25, 0.3) is 0 Å². The lowest BCUT2D eigenvalue weighted by Gasteiger charge is -2.27. The number of halogens is 2. The molecule has 0 fully saturated rings. The van der Waals surface area contributed by atoms with Crippen molar-refractivity contribution in [2.24, 2.45) is 0 Å². The number of fused-ring (bicyclic) bond motifs is 1. The first kappa shape index (κ1) is 11.0. The molecule has 3 nitrogen and oxygen atoms in total. The van der Waals surface area contributed by atoms with Crippen molar-refractivity contribution >= 4 is 23.2 Å². The molecule has 1 N–H and O–H groups in total. The molecule has 0 aromatic heterocycles. The number of nitrogens with one attached hydrogen (secondary N) is 1. The van der Waals surface area contributed by atoms with Gasteiger partial charge in [0.1, 0.15) is 5.75 Å². The lowest BCUT2D eigenvalue weighted by atomic mass is 10.0. The van der Waals surface area contributed by atoms with Crippen LogP contribution in [0.15, 0.2) is 12.1 Å². The molecule has 1 aliphatic heterocycles. The van der Waals surface area contributed by atoms with E-state index in [1.54, 1.807) is 19.2 Å². The molecule has 82 valence electrons. The van der Waals surface area contributed by atoms with Crippen LogP contribution in [0.1, 0.15) is 18.0 Å². The Balaban J connectivity index is 2.45. The predicted molar refractivity (Wildman–Crippen MR) is 59.5 cm³/mol. The summed E-state index contributed by atoms with van der Waals surface area (Å²) in [6.07, 6.45) is 0.806. The summed E-state index contributed by atoms with van der Waals surface area (Å²) < 4.78 is 5.50. The van der Waals surface area contributed by atoms with Gasteiger partial charge >= 0.3 is 0 Å². The van der Waals surface area contributed by atoms with E-state index in [9.17, 15) is 0 Å². The van der Waals surface area contributed by atoms with Crippen molar-refractivity contribution in [3.63, 3.8) is 0 Å². The van der Waals surface area contributed by atoms with E-state index in [2.05, 4.69) is 5.48 Å². The molecule has 1 atom stereocenters. The molecule has 1 aromatic rings. The molecular weight excluding hydrogens is 237 g/mol. The largest absolute Gasteiger partial charge is 0.492 e. The van der Waals surface area contributed by atoms with Gasteiger partial charge in [-0.3, -0.25) is 0 Å². The standard InChI is InChI=1S/C10H11Cl2NO2/c1-14-13-8-4-5-15-10-7(12)3-2-6(11)9(8)10/h2-3,8,13H,4-5H2,1H3. The minimum absolute atomic E-state index is 0.0324. The maximum atomic E-state index is 6.11. The molecule has 1 heterocycles. The number of benzene rings is 1. The van der Waals surface area contributed by atoms with Crippen LogP contribution < -0.4 is 10.2 Å². The second kappa shape index (κ2) is 4.58. The lowest BCUT2D eigenvalue weighted by Crippen LogP contribution is -2.26. The van der Waals surface area contributed by atoms with E-state index in [4.69, 9.17) is 32.8 Å². The van der Waals surface area contributed by atoms with Gasteiger partial charge in [0.15, 0.2) is 0 Å². The second-order valence-electron chi connectivity index (χ2n) is 3.28. The molecular formula is C10H11Cl2NO2. The monoisotopic (exact) mass is 247 g/mol. The summed E-state index contributed by atoms with van der Waals surface area (Å²) >= 11 is 12.1. The molecule has 0 aliphatic carbocycles. The van der Waals surface area contributed by atoms with E-state index in [-0.39, 0.29) is 6.04 Å². The second-order valence-corrected chi connectivity index (χ2v) is 4.10. The van der Waals surface area contributed by atoms with E-state index < -0.39 is 0 Å². The van der Waals surface area contributed by atoms with Gasteiger partial charge in [-0.15, -0.1) is 0 Å². The van der Waals surface area contributed by atoms with Gasteiger partial charge in [-0.25, -0.2) is 0 Å². The highest BCUT2D eigenvalue weighted by molar-refractivity contribution is 6.35. The molecule has 1 unspecified atom stereocenters. The molecule has 5 heteroatoms. The Bertz CT molecular complexity index is 371. The van der Waals surface area contributed by atoms with Crippen molar-refractivity contribution in [2.75, 3.05) is 13.7 Å². The predicted octanol–water partition coefficient (Wildman–Crippen LogP) is 2.97. The van der Waals surface area contributed by atoms with Crippen LogP contribution in [0.5, 0.6) is 5.75 Å². The molecule has 0 saturated heterocycles. The lowest BCUT2D eigenvalue weighted by molar-refractivity contribution is 0.0463. The van der Waals surface area contributed by atoms with Gasteiger partial charge in [0.05, 0.1) is 24.8 Å². The van der Waals surface area contributed by atoms with E-state index in [0.717, 1.165) is 12.0 Å². The third-order valence-corrected chi connectivity index (χ3v) is 2.98. The van der Waals surface area contributed by atoms with Gasteiger partial charge in [-0.2, -0.15) is 5.48 Å². The Kier molecular flexibility index (Phi) is 3.36. The molecule has 0 saturated carbocycles. The first-order valence-electron chi connectivity index (χ1n) is 4.63. The van der Waals surface area contributed by atoms with Crippen LogP contribution in [0.25, 0.3) is 0 Å². The van der Waals surface area contributed by atoms with E-state index in [1.165, 1.54) is 0 Å². The maximum absolute atomic E-state index is 6.11. The molecule has 0 bridgehead atoms. The first-order valence-corrected chi connectivity index (χ1v) is 5.39. The first-order chi connectivity index (χ1) is 7.24. The Hall–Kier alpha value is -0.480. The molecule has 15 heavy (non-hydrogen) atoms. The quantitative estimate of drug-likeness (QED) is 0.816. The third kappa shape index (κ3) is 2.06. The van der Waals surface area contributed by atoms with Crippen LogP contribution >= 0.6 is 23.2 Å². The Morgan fingerprint density at radius 1 is 1.40 bits per heavy atom. The smallest absolute Gasteiger partial charge is 0.144 e. The van der Waals surface area contributed by atoms with Crippen molar-refractivity contribution in [3.8, 4) is 5.75 Å². The summed E-state index contributed by atoms with van der Waals surface area (Å²) in [6, 6.07) is 3.53. The van der Waals surface area contributed by atoms with Crippen LogP contribution in [0.3, 0.4) is 0 Å². The number of hydrogen-bond acceptors (Lipinski definition) is 3. The highest BCUT2D eigenvalue weighted by atomic mass is 35.5. The topological polar surface area (TPSA) is 30.5 Å². The van der Waals surface area contributed by atoms with Crippen LogP contribution in [-0.4, -0.2) is 13.7 Å². The average molecular weight is 248 g/mol. The Morgan fingerprint density at radius 2 is 2.13 bits per heavy atom. The van der Waals surface area contributed by atoms with Gasteiger partial charge in [-0.05, 0) is 12.1 Å². The van der Waals surface area contributed by atoms with Crippen molar-refractivity contribution in [1.82, 2.24) is 5.48 Å². The van der Waals surface area contributed by atoms with Gasteiger partial charge < -0.3 is 9.57 Å². The third-order valence-electron chi connectivity index (χ3n) is 2.36. The van der Waals surface area contributed by atoms with Crippen LogP contribution in [0, 0.1) is 0 Å².